The van der Waals surface area contributed by atoms with Gasteiger partial charge in [-0.3, -0.25) is 0 Å². The first-order valence-corrected chi connectivity index (χ1v) is 9.23. The Morgan fingerprint density at radius 3 is 2.54 bits per heavy atom. The summed E-state index contributed by atoms with van der Waals surface area (Å²) in [6.45, 7) is 0.752. The minimum absolute atomic E-state index is 0.169. The van der Waals surface area contributed by atoms with Gasteiger partial charge in [-0.05, 0) is 30.5 Å². The van der Waals surface area contributed by atoms with Crippen LogP contribution in [0.5, 0.6) is 0 Å². The Kier molecular flexibility index (Phi) is 6.12. The van der Waals surface area contributed by atoms with E-state index >= 15 is 0 Å². The number of benzene rings is 2. The fourth-order valence-electron chi connectivity index (χ4n) is 3.46. The van der Waals surface area contributed by atoms with Crippen molar-refractivity contribution in [3.63, 3.8) is 0 Å². The molecule has 3 rings (SSSR count). The number of nitrogens with one attached hydrogen (secondary N) is 2. The van der Waals surface area contributed by atoms with Gasteiger partial charge in [-0.15, -0.1) is 0 Å². The van der Waals surface area contributed by atoms with Crippen LogP contribution in [0.25, 0.3) is 0 Å². The van der Waals surface area contributed by atoms with Crippen LogP contribution in [0, 0.1) is 0 Å². The summed E-state index contributed by atoms with van der Waals surface area (Å²) in [6, 6.07) is 17.6. The van der Waals surface area contributed by atoms with Crippen LogP contribution in [-0.2, 0) is 6.54 Å². The van der Waals surface area contributed by atoms with Crippen molar-refractivity contribution in [2.45, 2.75) is 44.4 Å². The van der Waals surface area contributed by atoms with E-state index in [1.165, 1.54) is 5.56 Å². The maximum absolute atomic E-state index is 12.4. The molecule has 0 aliphatic heterocycles. The lowest BCUT2D eigenvalue weighted by molar-refractivity contribution is 0.0955. The number of urea groups is 1. The van der Waals surface area contributed by atoms with Crippen LogP contribution >= 0.6 is 0 Å². The molecule has 3 N–H and O–H groups in total. The number of hydrogen-bond acceptors (Lipinski definition) is 3. The summed E-state index contributed by atoms with van der Waals surface area (Å²) >= 11 is 0. The van der Waals surface area contributed by atoms with Crippen LogP contribution in [0.15, 0.2) is 54.6 Å². The van der Waals surface area contributed by atoms with Gasteiger partial charge in [-0.25, -0.2) is 4.79 Å². The van der Waals surface area contributed by atoms with Gasteiger partial charge >= 0.3 is 6.03 Å². The van der Waals surface area contributed by atoms with Gasteiger partial charge in [0, 0.05) is 13.6 Å². The highest BCUT2D eigenvalue weighted by molar-refractivity contribution is 5.93. The third kappa shape index (κ3) is 4.76. The predicted octanol–water partition coefficient (Wildman–Crippen LogP) is 3.75. The number of amides is 2. The Balaban J connectivity index is 1.65. The SMILES string of the molecule is CN(Cc1ccccc1)c1ccccc1NC(=O)NC1CCCCC1O. The van der Waals surface area contributed by atoms with Gasteiger partial charge in [0.15, 0.2) is 0 Å². The van der Waals surface area contributed by atoms with Crippen molar-refractivity contribution in [1.29, 1.82) is 0 Å². The van der Waals surface area contributed by atoms with Gasteiger partial charge in [0.05, 0.1) is 23.5 Å². The number of nitrogens with zero attached hydrogens (tertiary/aromatic N) is 1. The predicted molar refractivity (Wildman–Crippen MR) is 105 cm³/mol. The highest BCUT2D eigenvalue weighted by Crippen LogP contribution is 2.26. The van der Waals surface area contributed by atoms with Gasteiger partial charge in [0.2, 0.25) is 0 Å². The number of rotatable bonds is 5. The summed E-state index contributed by atoms with van der Waals surface area (Å²) in [7, 11) is 2.01. The third-order valence-electron chi connectivity index (χ3n) is 4.87. The first-order valence-electron chi connectivity index (χ1n) is 9.23. The average molecular weight is 353 g/mol. The zero-order valence-electron chi connectivity index (χ0n) is 15.2. The van der Waals surface area contributed by atoms with Crippen molar-refractivity contribution in [2.75, 3.05) is 17.3 Å². The van der Waals surface area contributed by atoms with Gasteiger partial charge in [-0.1, -0.05) is 55.3 Å². The summed E-state index contributed by atoms with van der Waals surface area (Å²) < 4.78 is 0. The average Bonchev–Trinajstić information content (AvgIpc) is 2.65. The quantitative estimate of drug-likeness (QED) is 0.767. The summed E-state index contributed by atoms with van der Waals surface area (Å²) in [5, 5.41) is 15.9. The monoisotopic (exact) mass is 353 g/mol. The Morgan fingerprint density at radius 1 is 1.08 bits per heavy atom. The van der Waals surface area contributed by atoms with Crippen molar-refractivity contribution in [2.24, 2.45) is 0 Å². The Hall–Kier alpha value is -2.53. The lowest BCUT2D eigenvalue weighted by Crippen LogP contribution is -2.46. The van der Waals surface area contributed by atoms with Gasteiger partial charge in [0.25, 0.3) is 0 Å². The van der Waals surface area contributed by atoms with Gasteiger partial charge in [-0.2, -0.15) is 0 Å². The second-order valence-corrected chi connectivity index (χ2v) is 6.92. The molecule has 2 amide bonds. The summed E-state index contributed by atoms with van der Waals surface area (Å²) in [4.78, 5) is 14.5. The molecule has 26 heavy (non-hydrogen) atoms. The molecule has 1 aliphatic carbocycles. The summed E-state index contributed by atoms with van der Waals surface area (Å²) in [5.74, 6) is 0. The molecule has 2 aromatic carbocycles. The second-order valence-electron chi connectivity index (χ2n) is 6.92. The van der Waals surface area contributed by atoms with Crippen molar-refractivity contribution in [3.8, 4) is 0 Å². The fraction of sp³-hybridized carbons (Fsp3) is 0.381. The van der Waals surface area contributed by atoms with Crippen molar-refractivity contribution >= 4 is 17.4 Å². The normalized spacial score (nSPS) is 19.6. The molecular formula is C21H27N3O2. The smallest absolute Gasteiger partial charge is 0.319 e. The molecule has 2 atom stereocenters. The lowest BCUT2D eigenvalue weighted by atomic mass is 9.93. The Morgan fingerprint density at radius 2 is 1.77 bits per heavy atom. The summed E-state index contributed by atoms with van der Waals surface area (Å²) in [6.07, 6.45) is 3.18. The van der Waals surface area contributed by atoms with Crippen LogP contribution in [0.4, 0.5) is 16.2 Å². The number of para-hydroxylation sites is 2. The number of carbonyl (C=O) groups excluding carboxylic acids is 1. The number of aliphatic hydroxyl groups is 1. The van der Waals surface area contributed by atoms with Crippen LogP contribution in [0.1, 0.15) is 31.2 Å². The first-order chi connectivity index (χ1) is 12.6. The van der Waals surface area contributed by atoms with Crippen molar-refractivity contribution in [1.82, 2.24) is 5.32 Å². The highest BCUT2D eigenvalue weighted by atomic mass is 16.3. The van der Waals surface area contributed by atoms with E-state index in [0.717, 1.165) is 43.6 Å². The van der Waals surface area contributed by atoms with E-state index in [-0.39, 0.29) is 12.1 Å². The first kappa shape index (κ1) is 18.3. The molecule has 5 nitrogen and oxygen atoms in total. The minimum Gasteiger partial charge on any atom is -0.391 e. The maximum Gasteiger partial charge on any atom is 0.319 e. The molecule has 0 bridgehead atoms. The number of carbonyl (C=O) groups is 1. The van der Waals surface area contributed by atoms with E-state index in [9.17, 15) is 9.90 Å². The Labute approximate surface area is 155 Å². The molecule has 0 aromatic heterocycles. The Bertz CT molecular complexity index is 720. The standard InChI is InChI=1S/C21H27N3O2/c1-24(15-16-9-3-2-4-10-16)19-13-7-5-11-17(19)22-21(26)23-18-12-6-8-14-20(18)25/h2-5,7,9-11,13,18,20,25H,6,8,12,14-15H2,1H3,(H2,22,23,26). The molecule has 5 heteroatoms. The molecule has 1 aliphatic rings. The van der Waals surface area contributed by atoms with Crippen LogP contribution in [-0.4, -0.2) is 30.3 Å². The maximum atomic E-state index is 12.4. The van der Waals surface area contributed by atoms with E-state index in [4.69, 9.17) is 0 Å². The zero-order valence-corrected chi connectivity index (χ0v) is 15.2. The molecule has 1 fully saturated rings. The van der Waals surface area contributed by atoms with E-state index in [0.29, 0.717) is 0 Å². The van der Waals surface area contributed by atoms with E-state index < -0.39 is 6.10 Å². The minimum atomic E-state index is -0.453. The largest absolute Gasteiger partial charge is 0.391 e. The molecule has 0 saturated heterocycles. The molecular weight excluding hydrogens is 326 g/mol. The number of anilines is 2. The molecule has 138 valence electrons. The number of aliphatic hydroxyl groups excluding tert-OH is 1. The molecule has 2 aromatic rings. The number of hydrogen-bond donors (Lipinski definition) is 3. The van der Waals surface area contributed by atoms with Gasteiger partial charge < -0.3 is 20.6 Å². The second kappa shape index (κ2) is 8.72. The van der Waals surface area contributed by atoms with Crippen LogP contribution in [0.2, 0.25) is 0 Å². The van der Waals surface area contributed by atoms with Crippen LogP contribution in [0.3, 0.4) is 0 Å². The zero-order chi connectivity index (χ0) is 18.4. The summed E-state index contributed by atoms with van der Waals surface area (Å²) in [5.41, 5.74) is 2.92. The third-order valence-corrected chi connectivity index (χ3v) is 4.87. The molecule has 1 saturated carbocycles. The molecule has 2 unspecified atom stereocenters. The van der Waals surface area contributed by atoms with Crippen molar-refractivity contribution < 1.29 is 9.90 Å². The lowest BCUT2D eigenvalue weighted by Gasteiger charge is -2.29. The molecule has 0 radical (unpaired) electrons. The van der Waals surface area contributed by atoms with E-state index in [1.807, 2.05) is 49.5 Å². The fourth-order valence-corrected chi connectivity index (χ4v) is 3.46. The topological polar surface area (TPSA) is 64.6 Å². The van der Waals surface area contributed by atoms with E-state index in [1.54, 1.807) is 0 Å². The van der Waals surface area contributed by atoms with Crippen LogP contribution < -0.4 is 15.5 Å². The van der Waals surface area contributed by atoms with Gasteiger partial charge in [0.1, 0.15) is 0 Å². The molecule has 0 heterocycles. The van der Waals surface area contributed by atoms with Crippen molar-refractivity contribution in [3.05, 3.63) is 60.2 Å². The van der Waals surface area contributed by atoms with E-state index in [2.05, 4.69) is 27.7 Å². The highest BCUT2D eigenvalue weighted by Gasteiger charge is 2.24. The molecule has 0 spiro atoms.